The van der Waals surface area contributed by atoms with Gasteiger partial charge in [0.1, 0.15) is 17.9 Å². The molecule has 1 heterocycles. The van der Waals surface area contributed by atoms with Crippen molar-refractivity contribution >= 4 is 23.5 Å². The molecule has 136 valence electrons. The van der Waals surface area contributed by atoms with E-state index < -0.39 is 42.4 Å². The first-order valence-corrected chi connectivity index (χ1v) is 7.71. The van der Waals surface area contributed by atoms with Crippen LogP contribution in [-0.4, -0.2) is 53.1 Å². The van der Waals surface area contributed by atoms with Crippen LogP contribution in [0.1, 0.15) is 12.8 Å². The molecule has 0 aliphatic carbocycles. The average Bonchev–Trinajstić information content (AvgIpc) is 3.08. The van der Waals surface area contributed by atoms with Crippen molar-refractivity contribution in [3.63, 3.8) is 0 Å². The average molecular weight is 353 g/mol. The third-order valence-corrected chi connectivity index (χ3v) is 3.81. The standard InChI is InChI=1S/C15H20FN5O4/c16-9-3-5-10(6-4-9)19-20-14(24)12-2-1-7-21(12)15(25)18-11(8-22)13(17)23/h3-6,11-12,19,22H,1-2,7-8H2,(H2,17,23)(H,18,25)(H,20,24). The van der Waals surface area contributed by atoms with E-state index in [9.17, 15) is 18.8 Å². The molecule has 1 aliphatic rings. The SMILES string of the molecule is NC(=O)C(CO)NC(=O)N1CCCC1C(=O)NNc1ccc(F)cc1. The highest BCUT2D eigenvalue weighted by atomic mass is 19.1. The van der Waals surface area contributed by atoms with Crippen molar-refractivity contribution in [1.82, 2.24) is 15.6 Å². The first-order chi connectivity index (χ1) is 11.9. The van der Waals surface area contributed by atoms with E-state index in [0.29, 0.717) is 25.1 Å². The second kappa shape index (κ2) is 8.29. The van der Waals surface area contributed by atoms with Gasteiger partial charge in [-0.05, 0) is 37.1 Å². The summed E-state index contributed by atoms with van der Waals surface area (Å²) in [5.41, 5.74) is 10.6. The highest BCUT2D eigenvalue weighted by Gasteiger charge is 2.35. The van der Waals surface area contributed by atoms with E-state index in [1.807, 2.05) is 0 Å². The van der Waals surface area contributed by atoms with Crippen molar-refractivity contribution in [2.45, 2.75) is 24.9 Å². The minimum Gasteiger partial charge on any atom is -0.394 e. The van der Waals surface area contributed by atoms with E-state index in [0.717, 1.165) is 0 Å². The molecule has 1 aromatic carbocycles. The Morgan fingerprint density at radius 2 is 2.00 bits per heavy atom. The number of hydrogen-bond acceptors (Lipinski definition) is 5. The molecule has 0 spiro atoms. The van der Waals surface area contributed by atoms with Crippen LogP contribution in [0.5, 0.6) is 0 Å². The number of aliphatic hydroxyl groups excluding tert-OH is 1. The Balaban J connectivity index is 1.92. The molecule has 0 saturated carbocycles. The lowest BCUT2D eigenvalue weighted by Gasteiger charge is -2.26. The molecule has 25 heavy (non-hydrogen) atoms. The zero-order valence-electron chi connectivity index (χ0n) is 13.4. The van der Waals surface area contributed by atoms with E-state index in [1.165, 1.54) is 29.2 Å². The summed E-state index contributed by atoms with van der Waals surface area (Å²) in [6.45, 7) is -0.296. The van der Waals surface area contributed by atoms with Crippen molar-refractivity contribution in [1.29, 1.82) is 0 Å². The van der Waals surface area contributed by atoms with Gasteiger partial charge in [0.2, 0.25) is 5.91 Å². The lowest BCUT2D eigenvalue weighted by atomic mass is 10.2. The fraction of sp³-hybridized carbons (Fsp3) is 0.400. The number of rotatable bonds is 6. The molecule has 2 unspecified atom stereocenters. The number of amides is 4. The summed E-state index contributed by atoms with van der Waals surface area (Å²) >= 11 is 0. The number of hydrogen-bond donors (Lipinski definition) is 5. The molecule has 4 amide bonds. The smallest absolute Gasteiger partial charge is 0.318 e. The largest absolute Gasteiger partial charge is 0.394 e. The Hall–Kier alpha value is -2.88. The maximum Gasteiger partial charge on any atom is 0.318 e. The van der Waals surface area contributed by atoms with Gasteiger partial charge in [-0.25, -0.2) is 9.18 Å². The monoisotopic (exact) mass is 353 g/mol. The summed E-state index contributed by atoms with van der Waals surface area (Å²) in [5, 5.41) is 11.3. The quantitative estimate of drug-likeness (QED) is 0.430. The van der Waals surface area contributed by atoms with Gasteiger partial charge in [0.05, 0.1) is 12.3 Å². The van der Waals surface area contributed by atoms with E-state index in [2.05, 4.69) is 16.2 Å². The summed E-state index contributed by atoms with van der Waals surface area (Å²) in [4.78, 5) is 36.8. The lowest BCUT2D eigenvalue weighted by molar-refractivity contribution is -0.124. The van der Waals surface area contributed by atoms with Crippen molar-refractivity contribution in [2.75, 3.05) is 18.6 Å². The second-order valence-corrected chi connectivity index (χ2v) is 5.56. The summed E-state index contributed by atoms with van der Waals surface area (Å²) in [5.74, 6) is -1.71. The predicted molar refractivity (Wildman–Crippen MR) is 86.5 cm³/mol. The van der Waals surface area contributed by atoms with E-state index in [1.54, 1.807) is 0 Å². The van der Waals surface area contributed by atoms with Gasteiger partial charge in [0, 0.05) is 6.54 Å². The number of hydrazine groups is 1. The Morgan fingerprint density at radius 1 is 1.32 bits per heavy atom. The Kier molecular flexibility index (Phi) is 6.12. The van der Waals surface area contributed by atoms with Crippen LogP contribution in [0, 0.1) is 5.82 Å². The van der Waals surface area contributed by atoms with Crippen LogP contribution in [-0.2, 0) is 9.59 Å². The fourth-order valence-corrected chi connectivity index (χ4v) is 2.47. The highest BCUT2D eigenvalue weighted by Crippen LogP contribution is 2.17. The molecular weight excluding hydrogens is 333 g/mol. The number of nitrogens with two attached hydrogens (primary N) is 1. The van der Waals surface area contributed by atoms with Crippen LogP contribution in [0.2, 0.25) is 0 Å². The van der Waals surface area contributed by atoms with Gasteiger partial charge < -0.3 is 21.1 Å². The van der Waals surface area contributed by atoms with Gasteiger partial charge in [-0.1, -0.05) is 0 Å². The zero-order chi connectivity index (χ0) is 18.4. The van der Waals surface area contributed by atoms with Crippen molar-refractivity contribution in [3.05, 3.63) is 30.1 Å². The number of carbonyl (C=O) groups is 3. The molecule has 6 N–H and O–H groups in total. The molecule has 0 radical (unpaired) electrons. The number of nitrogens with one attached hydrogen (secondary N) is 3. The van der Waals surface area contributed by atoms with Crippen LogP contribution < -0.4 is 21.9 Å². The number of nitrogens with zero attached hydrogens (tertiary/aromatic N) is 1. The topological polar surface area (TPSA) is 137 Å². The molecule has 2 rings (SSSR count). The molecule has 9 nitrogen and oxygen atoms in total. The number of aliphatic hydroxyl groups is 1. The molecule has 0 bridgehead atoms. The number of halogens is 1. The Morgan fingerprint density at radius 3 is 2.60 bits per heavy atom. The normalized spacial score (nSPS) is 17.7. The fourth-order valence-electron chi connectivity index (χ4n) is 2.47. The minimum absolute atomic E-state index is 0.331. The molecular formula is C15H20FN5O4. The molecule has 10 heteroatoms. The zero-order valence-corrected chi connectivity index (χ0v) is 13.4. The Bertz CT molecular complexity index is 639. The van der Waals surface area contributed by atoms with Crippen LogP contribution in [0.4, 0.5) is 14.9 Å². The van der Waals surface area contributed by atoms with E-state index >= 15 is 0 Å². The van der Waals surface area contributed by atoms with Gasteiger partial charge in [-0.3, -0.25) is 20.4 Å². The summed E-state index contributed by atoms with van der Waals surface area (Å²) in [6, 6.07) is 2.78. The molecule has 1 aromatic rings. The summed E-state index contributed by atoms with van der Waals surface area (Å²) in [7, 11) is 0. The van der Waals surface area contributed by atoms with Crippen molar-refractivity contribution in [2.24, 2.45) is 5.73 Å². The van der Waals surface area contributed by atoms with Crippen molar-refractivity contribution in [3.8, 4) is 0 Å². The predicted octanol–water partition coefficient (Wildman–Crippen LogP) is -0.711. The van der Waals surface area contributed by atoms with E-state index in [-0.39, 0.29) is 0 Å². The van der Waals surface area contributed by atoms with Gasteiger partial charge in [0.25, 0.3) is 5.91 Å². The molecule has 0 aromatic heterocycles. The number of primary amides is 1. The third kappa shape index (κ3) is 4.80. The number of urea groups is 1. The molecule has 2 atom stereocenters. The van der Waals surface area contributed by atoms with E-state index in [4.69, 9.17) is 10.8 Å². The minimum atomic E-state index is -1.21. The number of likely N-dealkylation sites (tertiary alicyclic amines) is 1. The number of benzene rings is 1. The van der Waals surface area contributed by atoms with Crippen LogP contribution in [0.25, 0.3) is 0 Å². The summed E-state index contributed by atoms with van der Waals surface area (Å²) in [6.07, 6.45) is 1.06. The van der Waals surface area contributed by atoms with Crippen LogP contribution in [0.15, 0.2) is 24.3 Å². The Labute approximate surface area is 143 Å². The highest BCUT2D eigenvalue weighted by molar-refractivity contribution is 5.90. The third-order valence-electron chi connectivity index (χ3n) is 3.81. The summed E-state index contributed by atoms with van der Waals surface area (Å²) < 4.78 is 12.8. The van der Waals surface area contributed by atoms with Crippen LogP contribution in [0.3, 0.4) is 0 Å². The van der Waals surface area contributed by atoms with Gasteiger partial charge in [-0.15, -0.1) is 0 Å². The number of anilines is 1. The molecule has 1 fully saturated rings. The maximum absolute atomic E-state index is 12.8. The molecule has 1 saturated heterocycles. The maximum atomic E-state index is 12.8. The van der Waals surface area contributed by atoms with Gasteiger partial charge >= 0.3 is 6.03 Å². The first kappa shape index (κ1) is 18.5. The van der Waals surface area contributed by atoms with Crippen molar-refractivity contribution < 1.29 is 23.9 Å². The second-order valence-electron chi connectivity index (χ2n) is 5.56. The van der Waals surface area contributed by atoms with Gasteiger partial charge in [0.15, 0.2) is 0 Å². The van der Waals surface area contributed by atoms with Gasteiger partial charge in [-0.2, -0.15) is 0 Å². The lowest BCUT2D eigenvalue weighted by Crippen LogP contribution is -2.55. The molecule has 1 aliphatic heterocycles. The van der Waals surface area contributed by atoms with Crippen LogP contribution >= 0.6 is 0 Å². The number of carbonyl (C=O) groups excluding carboxylic acids is 3. The first-order valence-electron chi connectivity index (χ1n) is 7.71.